The molecule has 9 rings (SSSR count). The van der Waals surface area contributed by atoms with Gasteiger partial charge < -0.3 is 14.4 Å². The Kier molecular flexibility index (Phi) is 8.13. The fourth-order valence-corrected chi connectivity index (χ4v) is 8.34. The summed E-state index contributed by atoms with van der Waals surface area (Å²) in [7, 11) is -1.86. The molecule has 0 atom stereocenters. The molecular weight excluding hydrogens is 901 g/mol. The van der Waals surface area contributed by atoms with E-state index >= 15 is 0 Å². The Hall–Kier alpha value is -5.19. The summed E-state index contributed by atoms with van der Waals surface area (Å²) in [5, 5.41) is 7.11. The number of aromatic nitrogens is 2. The third-order valence-corrected chi connectivity index (χ3v) is 12.1. The van der Waals surface area contributed by atoms with Crippen molar-refractivity contribution in [2.75, 3.05) is 0 Å². The monoisotopic (exact) mass is 962 g/mol. The van der Waals surface area contributed by atoms with Crippen molar-refractivity contribution in [3.63, 3.8) is 0 Å². The van der Waals surface area contributed by atoms with Gasteiger partial charge in [0.15, 0.2) is 0 Å². The molecule has 0 bridgehead atoms. The molecule has 58 heavy (non-hydrogen) atoms. The van der Waals surface area contributed by atoms with E-state index < -0.39 is 40.4 Å². The van der Waals surface area contributed by atoms with Crippen molar-refractivity contribution in [3.8, 4) is 33.6 Å². The van der Waals surface area contributed by atoms with Crippen LogP contribution in [0.4, 0.5) is 0 Å². The molecule has 3 heterocycles. The van der Waals surface area contributed by atoms with E-state index in [0.29, 0.717) is 44.8 Å². The molecule has 0 saturated carbocycles. The van der Waals surface area contributed by atoms with E-state index in [1.807, 2.05) is 51.1 Å². The fraction of sp³-hybridized carbons (Fsp3) is 0.208. The molecule has 6 aromatic carbocycles. The van der Waals surface area contributed by atoms with Crippen molar-refractivity contribution >= 4 is 56.7 Å². The largest absolute Gasteiger partial charge is 0.500 e. The molecule has 0 spiro atoms. The van der Waals surface area contributed by atoms with Gasteiger partial charge in [-0.3, -0.25) is 0 Å². The molecular formula is C53H50IrN2OSi-2. The van der Waals surface area contributed by atoms with E-state index in [1.165, 1.54) is 18.5 Å². The summed E-state index contributed by atoms with van der Waals surface area (Å²) in [6, 6.07) is 41.8. The Balaban J connectivity index is 0.000000248. The molecule has 0 N–H and O–H groups in total. The average molecular weight is 962 g/mol. The van der Waals surface area contributed by atoms with Crippen LogP contribution in [0.1, 0.15) is 58.1 Å². The smallest absolute Gasteiger partial charge is 0.129 e. The van der Waals surface area contributed by atoms with E-state index in [9.17, 15) is 0 Å². The molecule has 5 heteroatoms. The zero-order chi connectivity index (χ0) is 49.4. The second-order valence-electron chi connectivity index (χ2n) is 16.4. The van der Waals surface area contributed by atoms with Gasteiger partial charge in [-0.15, -0.1) is 53.6 Å². The van der Waals surface area contributed by atoms with Crippen LogP contribution in [0.3, 0.4) is 0 Å². The van der Waals surface area contributed by atoms with Gasteiger partial charge in [-0.2, -0.15) is 0 Å². The van der Waals surface area contributed by atoms with Gasteiger partial charge in [0.1, 0.15) is 5.58 Å². The van der Waals surface area contributed by atoms with Crippen LogP contribution in [-0.2, 0) is 26.5 Å². The number of furan rings is 1. The zero-order valence-electron chi connectivity index (χ0n) is 44.3. The third-order valence-electron chi connectivity index (χ3n) is 10.0. The number of pyridine rings is 2. The van der Waals surface area contributed by atoms with E-state index in [0.717, 1.165) is 43.1 Å². The maximum absolute atomic E-state index is 8.37. The predicted molar refractivity (Wildman–Crippen MR) is 245 cm³/mol. The fourth-order valence-electron chi connectivity index (χ4n) is 7.18. The summed E-state index contributed by atoms with van der Waals surface area (Å²) >= 11 is 0. The second kappa shape index (κ2) is 16.2. The van der Waals surface area contributed by atoms with Gasteiger partial charge in [-0.1, -0.05) is 148 Å². The van der Waals surface area contributed by atoms with Gasteiger partial charge in [0.2, 0.25) is 0 Å². The molecule has 1 radical (unpaired) electrons. The first-order valence-corrected chi connectivity index (χ1v) is 22.5. The first kappa shape index (κ1) is 29.1. The Bertz CT molecular complexity index is 3350. The number of hydrogen-bond acceptors (Lipinski definition) is 3. The van der Waals surface area contributed by atoms with Gasteiger partial charge in [0.05, 0.1) is 13.7 Å². The first-order valence-electron chi connectivity index (χ1n) is 24.5. The van der Waals surface area contributed by atoms with E-state index in [2.05, 4.69) is 78.1 Å². The summed E-state index contributed by atoms with van der Waals surface area (Å²) in [6.07, 6.45) is 1.38. The van der Waals surface area contributed by atoms with Crippen molar-refractivity contribution < 1.29 is 39.6 Å². The molecule has 0 amide bonds. The minimum absolute atomic E-state index is 0. The van der Waals surface area contributed by atoms with Gasteiger partial charge in [0, 0.05) is 58.3 Å². The number of rotatable bonds is 5. The summed E-state index contributed by atoms with van der Waals surface area (Å²) in [5.41, 5.74) is 4.69. The predicted octanol–water partition coefficient (Wildman–Crippen LogP) is 14.0. The van der Waals surface area contributed by atoms with Gasteiger partial charge >= 0.3 is 0 Å². The van der Waals surface area contributed by atoms with Crippen LogP contribution in [0, 0.1) is 38.1 Å². The molecule has 3 aromatic heterocycles. The standard InChI is InChI=1S/C36H30NOSi.C17H20N.Ir/c1-22-19-26(39(3,4)5)16-18-27(22)32-20-33(37-21-23(32)2)31-12-8-11-29-30-17-15-25-14-13-24-9-6-7-10-28(24)34(25)36(30)38-35(29)31;1-13-5-8-15(9-6-13)16-10-7-14(12-18-16)11-17(2,3)4;/h6-11,13-21H,1-5H3;5-8,10,12H,11H2,1-4H3;/q2*-1;/i1D3,2D3;1D3,11D2;. The summed E-state index contributed by atoms with van der Waals surface area (Å²) in [6.45, 7) is 4.90. The van der Waals surface area contributed by atoms with Crippen molar-refractivity contribution in [1.29, 1.82) is 0 Å². The molecule has 0 unspecified atom stereocenters. The van der Waals surface area contributed by atoms with Crippen LogP contribution in [0.25, 0.3) is 77.1 Å². The van der Waals surface area contributed by atoms with Crippen LogP contribution in [-0.4, -0.2) is 18.0 Å². The van der Waals surface area contributed by atoms with Gasteiger partial charge in [-0.05, 0) is 80.9 Å². The molecule has 0 aliphatic carbocycles. The molecule has 0 aliphatic heterocycles. The molecule has 9 aromatic rings. The third kappa shape index (κ3) is 8.36. The van der Waals surface area contributed by atoms with Crippen molar-refractivity contribution in [1.82, 2.24) is 9.97 Å². The van der Waals surface area contributed by atoms with Gasteiger partial charge in [-0.25, -0.2) is 0 Å². The van der Waals surface area contributed by atoms with E-state index in [-0.39, 0.29) is 36.8 Å². The number of hydrogen-bond donors (Lipinski definition) is 0. The number of benzene rings is 6. The Labute approximate surface area is 373 Å². The SMILES string of the molecule is [2H]C([2H])([2H])c1c[c-]c(-c2ccc(C([2H])([2H])C(C)(C)C)cn2)cc1.[2H]C([2H])([2H])c1cnc(-c2[c-]ccc3c2oc2c3ccc3ccc4ccccc4c32)cc1-c1ccc([Si](C)(C)C)cc1C([2H])([2H])[2H].[Ir]. The molecule has 0 saturated heterocycles. The van der Waals surface area contributed by atoms with Crippen LogP contribution < -0.4 is 5.19 Å². The minimum atomic E-state index is -2.51. The van der Waals surface area contributed by atoms with Crippen molar-refractivity contribution in [3.05, 3.63) is 162 Å². The normalized spacial score (nSPS) is 15.5. The molecule has 0 aliphatic rings. The van der Waals surface area contributed by atoms with Crippen molar-refractivity contribution in [2.45, 2.75) is 67.3 Å². The quantitative estimate of drug-likeness (QED) is 0.0980. The van der Waals surface area contributed by atoms with Crippen molar-refractivity contribution in [2.24, 2.45) is 5.41 Å². The van der Waals surface area contributed by atoms with E-state index in [4.69, 9.17) is 19.5 Å². The second-order valence-corrected chi connectivity index (χ2v) is 21.5. The average Bonchev–Trinajstić information content (AvgIpc) is 3.66. The Morgan fingerprint density at radius 2 is 1.47 bits per heavy atom. The summed E-state index contributed by atoms with van der Waals surface area (Å²) < 4.78 is 95.2. The number of aryl methyl sites for hydroxylation is 3. The minimum Gasteiger partial charge on any atom is -0.500 e. The Morgan fingerprint density at radius 3 is 2.19 bits per heavy atom. The van der Waals surface area contributed by atoms with Gasteiger partial charge in [0.25, 0.3) is 0 Å². The number of nitrogens with zero attached hydrogens (tertiary/aromatic N) is 2. The van der Waals surface area contributed by atoms with Crippen LogP contribution in [0.15, 0.2) is 132 Å². The summed E-state index contributed by atoms with van der Waals surface area (Å²) in [5.74, 6) is 0. The van der Waals surface area contributed by atoms with Crippen LogP contribution in [0.5, 0.6) is 0 Å². The molecule has 3 nitrogen and oxygen atoms in total. The van der Waals surface area contributed by atoms with Crippen LogP contribution in [0.2, 0.25) is 19.6 Å². The molecule has 293 valence electrons. The summed E-state index contributed by atoms with van der Waals surface area (Å²) in [4.78, 5) is 8.91. The van der Waals surface area contributed by atoms with E-state index in [1.54, 1.807) is 42.5 Å². The first-order chi connectivity index (χ1) is 31.6. The van der Waals surface area contributed by atoms with Crippen LogP contribution >= 0.6 is 0 Å². The maximum Gasteiger partial charge on any atom is 0.129 e. The molecule has 0 fully saturated rings. The zero-order valence-corrected chi connectivity index (χ0v) is 36.7. The topological polar surface area (TPSA) is 38.9 Å². The number of fused-ring (bicyclic) bond motifs is 7. The maximum atomic E-state index is 8.37. The Morgan fingerprint density at radius 1 is 0.690 bits per heavy atom.